The molecule has 112 valence electrons. The van der Waals surface area contributed by atoms with E-state index in [4.69, 9.17) is 4.52 Å². The zero-order valence-corrected chi connectivity index (χ0v) is 12.2. The Bertz CT molecular complexity index is 733. The van der Waals surface area contributed by atoms with Gasteiger partial charge in [0.15, 0.2) is 5.76 Å². The van der Waals surface area contributed by atoms with Crippen molar-refractivity contribution in [1.29, 1.82) is 0 Å². The molecular weight excluding hydrogens is 296 g/mol. The van der Waals surface area contributed by atoms with Gasteiger partial charge in [0.2, 0.25) is 10.0 Å². The zero-order valence-electron chi connectivity index (χ0n) is 11.4. The molecule has 2 rings (SSSR count). The van der Waals surface area contributed by atoms with Crippen molar-refractivity contribution in [2.24, 2.45) is 0 Å². The minimum atomic E-state index is -4.06. The number of aryl methyl sites for hydroxylation is 2. The van der Waals surface area contributed by atoms with E-state index < -0.39 is 22.0 Å². The lowest BCUT2D eigenvalue weighted by Crippen LogP contribution is -2.34. The number of aliphatic carboxylic acids is 1. The van der Waals surface area contributed by atoms with Crippen LogP contribution in [0.2, 0.25) is 0 Å². The summed E-state index contributed by atoms with van der Waals surface area (Å²) in [5.41, 5.74) is 0.512. The third kappa shape index (κ3) is 3.11. The van der Waals surface area contributed by atoms with Crippen molar-refractivity contribution in [3.63, 3.8) is 0 Å². The van der Waals surface area contributed by atoms with E-state index in [1.165, 1.54) is 26.0 Å². The van der Waals surface area contributed by atoms with Crippen LogP contribution in [0, 0.1) is 13.8 Å². The van der Waals surface area contributed by atoms with E-state index in [1.54, 1.807) is 18.2 Å². The summed E-state index contributed by atoms with van der Waals surface area (Å²) in [5.74, 6) is -1.19. The molecule has 2 N–H and O–H groups in total. The van der Waals surface area contributed by atoms with E-state index in [1.807, 2.05) is 0 Å². The van der Waals surface area contributed by atoms with Gasteiger partial charge in [0.05, 0.1) is 0 Å². The van der Waals surface area contributed by atoms with Crippen molar-refractivity contribution in [3.8, 4) is 0 Å². The van der Waals surface area contributed by atoms with Gasteiger partial charge < -0.3 is 9.63 Å². The molecule has 0 amide bonds. The summed E-state index contributed by atoms with van der Waals surface area (Å²) < 4.78 is 31.7. The van der Waals surface area contributed by atoms with Crippen LogP contribution >= 0.6 is 0 Å². The third-order valence-electron chi connectivity index (χ3n) is 2.89. The van der Waals surface area contributed by atoms with Crippen molar-refractivity contribution in [2.75, 3.05) is 0 Å². The molecule has 2 aromatic rings. The number of carbonyl (C=O) groups is 1. The van der Waals surface area contributed by atoms with Crippen LogP contribution < -0.4 is 4.72 Å². The molecule has 0 fully saturated rings. The predicted molar refractivity (Wildman–Crippen MR) is 73.1 cm³/mol. The third-order valence-corrected chi connectivity index (χ3v) is 4.56. The Morgan fingerprint density at radius 3 is 2.38 bits per heavy atom. The first-order chi connectivity index (χ1) is 9.83. The van der Waals surface area contributed by atoms with Crippen LogP contribution in [0.4, 0.5) is 0 Å². The molecule has 0 aliphatic rings. The van der Waals surface area contributed by atoms with Crippen LogP contribution in [-0.4, -0.2) is 24.7 Å². The Morgan fingerprint density at radius 2 is 1.90 bits per heavy atom. The molecule has 8 heteroatoms. The van der Waals surface area contributed by atoms with Gasteiger partial charge in [-0.15, -0.1) is 0 Å². The Kier molecular flexibility index (Phi) is 4.10. The highest BCUT2D eigenvalue weighted by Gasteiger charge is 2.31. The number of nitrogens with zero attached hydrogens (tertiary/aromatic N) is 1. The highest BCUT2D eigenvalue weighted by Crippen LogP contribution is 2.22. The molecule has 1 atom stereocenters. The molecule has 7 nitrogen and oxygen atoms in total. The van der Waals surface area contributed by atoms with Crippen LogP contribution in [0.5, 0.6) is 0 Å². The molecular formula is C13H14N2O5S. The lowest BCUT2D eigenvalue weighted by atomic mass is 10.1. The molecule has 0 bridgehead atoms. The number of hydrogen-bond acceptors (Lipinski definition) is 5. The molecule has 0 spiro atoms. The quantitative estimate of drug-likeness (QED) is 0.863. The van der Waals surface area contributed by atoms with Crippen LogP contribution in [0.25, 0.3) is 0 Å². The van der Waals surface area contributed by atoms with E-state index in [0.717, 1.165) is 0 Å². The number of rotatable bonds is 5. The maximum absolute atomic E-state index is 12.3. The second-order valence-corrected chi connectivity index (χ2v) is 6.11. The monoisotopic (exact) mass is 310 g/mol. The van der Waals surface area contributed by atoms with Crippen LogP contribution in [0.3, 0.4) is 0 Å². The van der Waals surface area contributed by atoms with Crippen LogP contribution in [0.1, 0.15) is 23.1 Å². The van der Waals surface area contributed by atoms with E-state index >= 15 is 0 Å². The van der Waals surface area contributed by atoms with Gasteiger partial charge in [-0.1, -0.05) is 35.5 Å². The van der Waals surface area contributed by atoms with Gasteiger partial charge in [0, 0.05) is 0 Å². The number of sulfonamides is 1. The molecule has 1 heterocycles. The average molecular weight is 310 g/mol. The second-order valence-electron chi connectivity index (χ2n) is 4.46. The fraction of sp³-hybridized carbons (Fsp3) is 0.231. The Hall–Kier alpha value is -2.19. The first-order valence-electron chi connectivity index (χ1n) is 6.06. The van der Waals surface area contributed by atoms with Gasteiger partial charge in [0.1, 0.15) is 16.6 Å². The summed E-state index contributed by atoms with van der Waals surface area (Å²) in [4.78, 5) is 11.2. The van der Waals surface area contributed by atoms with Crippen molar-refractivity contribution in [2.45, 2.75) is 24.8 Å². The van der Waals surface area contributed by atoms with Crippen LogP contribution in [-0.2, 0) is 14.8 Å². The molecule has 1 aromatic carbocycles. The molecule has 21 heavy (non-hydrogen) atoms. The minimum Gasteiger partial charge on any atom is -0.480 e. The Labute approximate surface area is 121 Å². The summed E-state index contributed by atoms with van der Waals surface area (Å²) in [6.45, 7) is 2.93. The first kappa shape index (κ1) is 15.2. The summed E-state index contributed by atoms with van der Waals surface area (Å²) in [7, 11) is -4.06. The number of aromatic nitrogens is 1. The van der Waals surface area contributed by atoms with Crippen molar-refractivity contribution >= 4 is 16.0 Å². The molecule has 0 saturated carbocycles. The van der Waals surface area contributed by atoms with Gasteiger partial charge >= 0.3 is 5.97 Å². The molecule has 0 saturated heterocycles. The fourth-order valence-corrected chi connectivity index (χ4v) is 3.49. The maximum atomic E-state index is 12.3. The summed E-state index contributed by atoms with van der Waals surface area (Å²) in [6.07, 6.45) is 0. The lowest BCUT2D eigenvalue weighted by molar-refractivity contribution is -0.139. The van der Waals surface area contributed by atoms with Gasteiger partial charge in [-0.2, -0.15) is 4.72 Å². The first-order valence-corrected chi connectivity index (χ1v) is 7.54. The number of hydrogen-bond donors (Lipinski definition) is 2. The molecule has 0 aliphatic carbocycles. The highest BCUT2D eigenvalue weighted by molar-refractivity contribution is 7.89. The Morgan fingerprint density at radius 1 is 1.29 bits per heavy atom. The minimum absolute atomic E-state index is 0.109. The van der Waals surface area contributed by atoms with Gasteiger partial charge in [-0.25, -0.2) is 8.42 Å². The smallest absolute Gasteiger partial charge is 0.326 e. The summed E-state index contributed by atoms with van der Waals surface area (Å²) >= 11 is 0. The average Bonchev–Trinajstić information content (AvgIpc) is 2.77. The highest BCUT2D eigenvalue weighted by atomic mass is 32.2. The van der Waals surface area contributed by atoms with E-state index in [9.17, 15) is 18.3 Å². The molecule has 1 aromatic heterocycles. The van der Waals surface area contributed by atoms with E-state index in [0.29, 0.717) is 5.56 Å². The Balaban J connectivity index is 2.40. The van der Waals surface area contributed by atoms with Crippen molar-refractivity contribution in [3.05, 3.63) is 47.3 Å². The van der Waals surface area contributed by atoms with Crippen molar-refractivity contribution in [1.82, 2.24) is 9.88 Å². The van der Waals surface area contributed by atoms with Gasteiger partial charge in [-0.3, -0.25) is 4.79 Å². The van der Waals surface area contributed by atoms with E-state index in [-0.39, 0.29) is 16.3 Å². The fourth-order valence-electron chi connectivity index (χ4n) is 1.98. The number of carboxylic acids is 1. The lowest BCUT2D eigenvalue weighted by Gasteiger charge is -2.14. The standard InChI is InChI=1S/C13H14N2O5S/c1-8-12(9(2)20-14-8)21(18,19)15-11(13(16)17)10-6-4-3-5-7-10/h3-7,11,15H,1-2H3,(H,16,17)/t11-/m1/s1. The second kappa shape index (κ2) is 5.66. The summed E-state index contributed by atoms with van der Waals surface area (Å²) in [5, 5.41) is 12.8. The van der Waals surface area contributed by atoms with Gasteiger partial charge in [0.25, 0.3) is 0 Å². The SMILES string of the molecule is Cc1noc(C)c1S(=O)(=O)N[C@@H](C(=O)O)c1ccccc1. The maximum Gasteiger partial charge on any atom is 0.326 e. The molecule has 0 unspecified atom stereocenters. The van der Waals surface area contributed by atoms with Crippen LogP contribution in [0.15, 0.2) is 39.8 Å². The number of carboxylic acid groups (broad SMARTS) is 1. The summed E-state index contributed by atoms with van der Waals surface area (Å²) in [6, 6.07) is 6.67. The topological polar surface area (TPSA) is 110 Å². The van der Waals surface area contributed by atoms with Crippen molar-refractivity contribution < 1.29 is 22.8 Å². The van der Waals surface area contributed by atoms with Gasteiger partial charge in [-0.05, 0) is 19.4 Å². The number of nitrogens with one attached hydrogen (secondary N) is 1. The largest absolute Gasteiger partial charge is 0.480 e. The van der Waals surface area contributed by atoms with E-state index in [2.05, 4.69) is 9.88 Å². The molecule has 0 radical (unpaired) electrons. The molecule has 0 aliphatic heterocycles. The number of benzene rings is 1. The predicted octanol–water partition coefficient (Wildman–Crippen LogP) is 1.40. The zero-order chi connectivity index (χ0) is 15.6. The normalized spacial score (nSPS) is 13.0.